The van der Waals surface area contributed by atoms with Crippen molar-refractivity contribution in [1.29, 1.82) is 0 Å². The zero-order valence-corrected chi connectivity index (χ0v) is 11.8. The first-order valence-electron chi connectivity index (χ1n) is 7.13. The number of carbonyl (C=O) groups excluding carboxylic acids is 1. The van der Waals surface area contributed by atoms with Gasteiger partial charge in [0.05, 0.1) is 6.04 Å². The molecule has 0 spiro atoms. The summed E-state index contributed by atoms with van der Waals surface area (Å²) in [4.78, 5) is 11.8. The van der Waals surface area contributed by atoms with Crippen LogP contribution in [-0.4, -0.2) is 24.0 Å². The van der Waals surface area contributed by atoms with Crippen molar-refractivity contribution in [2.75, 3.05) is 0 Å². The molecule has 3 atom stereocenters. The predicted octanol–water partition coefficient (Wildman–Crippen LogP) is 2.46. The molecular formula is C14H28N2O. The summed E-state index contributed by atoms with van der Waals surface area (Å²) in [6, 6.07) is 0.857. The van der Waals surface area contributed by atoms with Gasteiger partial charge >= 0.3 is 0 Å². The van der Waals surface area contributed by atoms with Crippen LogP contribution in [0.2, 0.25) is 0 Å². The summed E-state index contributed by atoms with van der Waals surface area (Å²) < 4.78 is 0. The van der Waals surface area contributed by atoms with Crippen LogP contribution in [0.15, 0.2) is 0 Å². The van der Waals surface area contributed by atoms with Crippen molar-refractivity contribution in [3.05, 3.63) is 0 Å². The van der Waals surface area contributed by atoms with E-state index in [1.807, 2.05) is 6.92 Å². The lowest BCUT2D eigenvalue weighted by molar-refractivity contribution is -0.123. The Hall–Kier alpha value is -0.570. The molecule has 0 aromatic heterocycles. The van der Waals surface area contributed by atoms with Crippen LogP contribution in [0.25, 0.3) is 0 Å². The summed E-state index contributed by atoms with van der Waals surface area (Å²) >= 11 is 0. The normalized spacial score (nSPS) is 20.7. The smallest absolute Gasteiger partial charge is 0.237 e. The monoisotopic (exact) mass is 240 g/mol. The van der Waals surface area contributed by atoms with E-state index in [2.05, 4.69) is 31.4 Å². The molecule has 0 bridgehead atoms. The fourth-order valence-corrected chi connectivity index (χ4v) is 1.99. The molecule has 0 heterocycles. The van der Waals surface area contributed by atoms with Gasteiger partial charge in [-0.1, -0.05) is 27.2 Å². The highest BCUT2D eigenvalue weighted by Crippen LogP contribution is 2.19. The molecule has 1 rings (SSSR count). The minimum absolute atomic E-state index is 0.0652. The number of amides is 1. The van der Waals surface area contributed by atoms with Gasteiger partial charge in [0.15, 0.2) is 0 Å². The molecule has 0 radical (unpaired) electrons. The van der Waals surface area contributed by atoms with Gasteiger partial charge in [0.2, 0.25) is 5.91 Å². The molecule has 2 N–H and O–H groups in total. The van der Waals surface area contributed by atoms with Crippen molar-refractivity contribution in [1.82, 2.24) is 10.6 Å². The van der Waals surface area contributed by atoms with Crippen LogP contribution < -0.4 is 10.6 Å². The molecule has 0 saturated heterocycles. The Kier molecular flexibility index (Phi) is 5.96. The summed E-state index contributed by atoms with van der Waals surface area (Å²) in [6.07, 6.45) is 5.77. The Balaban J connectivity index is 2.29. The van der Waals surface area contributed by atoms with Crippen LogP contribution >= 0.6 is 0 Å². The maximum absolute atomic E-state index is 11.8. The van der Waals surface area contributed by atoms with Gasteiger partial charge in [0.25, 0.3) is 0 Å². The second-order valence-electron chi connectivity index (χ2n) is 5.53. The first kappa shape index (κ1) is 14.5. The Morgan fingerprint density at radius 1 is 1.24 bits per heavy atom. The number of carbonyl (C=O) groups is 1. The highest BCUT2D eigenvalue weighted by Gasteiger charge is 2.26. The molecule has 0 aliphatic heterocycles. The van der Waals surface area contributed by atoms with Crippen molar-refractivity contribution in [2.45, 2.75) is 77.9 Å². The molecule has 100 valence electrons. The van der Waals surface area contributed by atoms with Crippen molar-refractivity contribution in [2.24, 2.45) is 5.92 Å². The fourth-order valence-electron chi connectivity index (χ4n) is 1.99. The molecule has 1 aliphatic rings. The van der Waals surface area contributed by atoms with Gasteiger partial charge in [-0.05, 0) is 38.5 Å². The van der Waals surface area contributed by atoms with E-state index >= 15 is 0 Å². The van der Waals surface area contributed by atoms with Crippen LogP contribution in [0.1, 0.15) is 59.8 Å². The van der Waals surface area contributed by atoms with Gasteiger partial charge in [-0.15, -0.1) is 0 Å². The maximum atomic E-state index is 11.8. The number of hydrogen-bond donors (Lipinski definition) is 2. The highest BCUT2D eigenvalue weighted by atomic mass is 16.2. The number of hydrogen-bond acceptors (Lipinski definition) is 2. The fraction of sp³-hybridized carbons (Fsp3) is 0.929. The minimum atomic E-state index is -0.0652. The van der Waals surface area contributed by atoms with E-state index < -0.39 is 0 Å². The molecule has 0 aromatic carbocycles. The summed E-state index contributed by atoms with van der Waals surface area (Å²) in [7, 11) is 0. The van der Waals surface area contributed by atoms with E-state index in [1.165, 1.54) is 6.42 Å². The third-order valence-electron chi connectivity index (χ3n) is 3.68. The van der Waals surface area contributed by atoms with E-state index in [9.17, 15) is 4.79 Å². The van der Waals surface area contributed by atoms with Crippen molar-refractivity contribution < 1.29 is 4.79 Å². The molecular weight excluding hydrogens is 212 g/mol. The Morgan fingerprint density at radius 3 is 2.35 bits per heavy atom. The van der Waals surface area contributed by atoms with Gasteiger partial charge < -0.3 is 10.6 Å². The van der Waals surface area contributed by atoms with Crippen molar-refractivity contribution in [3.63, 3.8) is 0 Å². The third-order valence-corrected chi connectivity index (χ3v) is 3.68. The molecule has 1 amide bonds. The molecule has 1 fully saturated rings. The average Bonchev–Trinajstić information content (AvgIpc) is 3.11. The van der Waals surface area contributed by atoms with Gasteiger partial charge in [-0.3, -0.25) is 4.79 Å². The number of nitrogens with one attached hydrogen (secondary N) is 2. The van der Waals surface area contributed by atoms with Crippen LogP contribution in [0.4, 0.5) is 0 Å². The Bertz CT molecular complexity index is 238. The SMILES string of the molecule is CCC(C)CC(CC)NC(C)C(=O)NC1CC1. The van der Waals surface area contributed by atoms with E-state index in [0.29, 0.717) is 12.1 Å². The van der Waals surface area contributed by atoms with E-state index in [1.54, 1.807) is 0 Å². The zero-order chi connectivity index (χ0) is 12.8. The van der Waals surface area contributed by atoms with E-state index in [4.69, 9.17) is 0 Å². The lowest BCUT2D eigenvalue weighted by atomic mass is 9.97. The predicted molar refractivity (Wildman–Crippen MR) is 71.9 cm³/mol. The molecule has 1 aliphatic carbocycles. The van der Waals surface area contributed by atoms with Gasteiger partial charge in [0.1, 0.15) is 0 Å². The quantitative estimate of drug-likeness (QED) is 0.684. The van der Waals surface area contributed by atoms with Crippen LogP contribution in [-0.2, 0) is 4.79 Å². The third kappa shape index (κ3) is 5.53. The second-order valence-corrected chi connectivity index (χ2v) is 5.53. The molecule has 3 unspecified atom stereocenters. The molecule has 3 nitrogen and oxygen atoms in total. The highest BCUT2D eigenvalue weighted by molar-refractivity contribution is 5.81. The van der Waals surface area contributed by atoms with Crippen molar-refractivity contribution >= 4 is 5.91 Å². The summed E-state index contributed by atoms with van der Waals surface area (Å²) in [5.41, 5.74) is 0. The Morgan fingerprint density at radius 2 is 1.88 bits per heavy atom. The lowest BCUT2D eigenvalue weighted by Gasteiger charge is -2.24. The van der Waals surface area contributed by atoms with Crippen LogP contribution in [0, 0.1) is 5.92 Å². The largest absolute Gasteiger partial charge is 0.352 e. The van der Waals surface area contributed by atoms with E-state index in [0.717, 1.165) is 31.6 Å². The minimum Gasteiger partial charge on any atom is -0.352 e. The molecule has 0 aromatic rings. The van der Waals surface area contributed by atoms with Gasteiger partial charge in [0, 0.05) is 12.1 Å². The molecule has 1 saturated carbocycles. The lowest BCUT2D eigenvalue weighted by Crippen LogP contribution is -2.47. The topological polar surface area (TPSA) is 41.1 Å². The van der Waals surface area contributed by atoms with Crippen LogP contribution in [0.5, 0.6) is 0 Å². The second kappa shape index (κ2) is 7.00. The molecule has 17 heavy (non-hydrogen) atoms. The van der Waals surface area contributed by atoms with Crippen LogP contribution in [0.3, 0.4) is 0 Å². The first-order chi connectivity index (χ1) is 8.06. The summed E-state index contributed by atoms with van der Waals surface area (Å²) in [6.45, 7) is 8.66. The maximum Gasteiger partial charge on any atom is 0.237 e. The summed E-state index contributed by atoms with van der Waals surface area (Å²) in [5, 5.41) is 6.50. The molecule has 3 heteroatoms. The Labute approximate surface area is 106 Å². The average molecular weight is 240 g/mol. The summed E-state index contributed by atoms with van der Waals surface area (Å²) in [5.74, 6) is 0.890. The standard InChI is InChI=1S/C14H28N2O/c1-5-10(3)9-12(6-2)15-11(4)14(17)16-13-7-8-13/h10-13,15H,5-9H2,1-4H3,(H,16,17). The number of rotatable bonds is 8. The van der Waals surface area contributed by atoms with Gasteiger partial charge in [-0.25, -0.2) is 0 Å². The van der Waals surface area contributed by atoms with Crippen molar-refractivity contribution in [3.8, 4) is 0 Å². The zero-order valence-electron chi connectivity index (χ0n) is 11.8. The van der Waals surface area contributed by atoms with E-state index in [-0.39, 0.29) is 11.9 Å². The first-order valence-corrected chi connectivity index (χ1v) is 7.13. The van der Waals surface area contributed by atoms with Gasteiger partial charge in [-0.2, -0.15) is 0 Å².